The van der Waals surface area contributed by atoms with Crippen molar-refractivity contribution in [3.8, 4) is 11.5 Å². The Balaban J connectivity index is 1.56. The summed E-state index contributed by atoms with van der Waals surface area (Å²) in [6, 6.07) is 9.84. The van der Waals surface area contributed by atoms with Crippen LogP contribution in [0.15, 0.2) is 46.0 Å². The van der Waals surface area contributed by atoms with E-state index in [1.165, 1.54) is 7.11 Å². The average molecular weight is 489 g/mol. The Kier molecular flexibility index (Phi) is 7.71. The van der Waals surface area contributed by atoms with Gasteiger partial charge in [-0.25, -0.2) is 0 Å². The van der Waals surface area contributed by atoms with Gasteiger partial charge < -0.3 is 19.2 Å². The highest BCUT2D eigenvalue weighted by atomic mass is 35.5. The number of halogens is 3. The number of amides is 1. The Morgan fingerprint density at radius 2 is 1.83 bits per heavy atom. The molecule has 1 heterocycles. The molecule has 0 spiro atoms. The van der Waals surface area contributed by atoms with Crippen LogP contribution in [-0.2, 0) is 4.79 Å². The van der Waals surface area contributed by atoms with Crippen LogP contribution in [0.25, 0.3) is 0 Å². The lowest BCUT2D eigenvalue weighted by Crippen LogP contribution is -2.14. The van der Waals surface area contributed by atoms with E-state index in [0.717, 1.165) is 11.8 Å². The molecule has 1 atom stereocenters. The number of ether oxygens (including phenoxy) is 2. The zero-order chi connectivity index (χ0) is 21.7. The zero-order valence-corrected chi connectivity index (χ0v) is 18.9. The molecule has 1 amide bonds. The number of hydrogen-bond donors (Lipinski definition) is 1. The normalized spacial score (nSPS) is 11.8. The standard InChI is InChI=1S/C19H16Cl3N3O4S/c1-10(28-15-5-3-11(20)7-13(15)22)18-24-25-19(29-18)30-9-17(26)23-14-8-12(21)4-6-16(14)27-2/h3-8,10H,9H2,1-2H3,(H,23,26)/t10-/m1/s1. The number of methoxy groups -OCH3 is 1. The summed E-state index contributed by atoms with van der Waals surface area (Å²) in [5.41, 5.74) is 0.476. The predicted octanol–water partition coefficient (Wildman–Crippen LogP) is 5.91. The molecule has 7 nitrogen and oxygen atoms in total. The fraction of sp³-hybridized carbons (Fsp3) is 0.211. The summed E-state index contributed by atoms with van der Waals surface area (Å²) in [6.45, 7) is 1.74. The quantitative estimate of drug-likeness (QED) is 0.394. The highest BCUT2D eigenvalue weighted by molar-refractivity contribution is 7.99. The van der Waals surface area contributed by atoms with E-state index in [4.69, 9.17) is 48.7 Å². The second-order valence-electron chi connectivity index (χ2n) is 5.92. The number of carbonyl (C=O) groups is 1. The molecule has 0 fully saturated rings. The first kappa shape index (κ1) is 22.6. The SMILES string of the molecule is COc1ccc(Cl)cc1NC(=O)CSc1nnc([C@@H](C)Oc2ccc(Cl)cc2Cl)o1. The summed E-state index contributed by atoms with van der Waals surface area (Å²) in [4.78, 5) is 12.2. The maximum Gasteiger partial charge on any atom is 0.277 e. The number of benzene rings is 2. The van der Waals surface area contributed by atoms with E-state index in [2.05, 4.69) is 15.5 Å². The van der Waals surface area contributed by atoms with E-state index in [0.29, 0.717) is 32.3 Å². The van der Waals surface area contributed by atoms with Crippen molar-refractivity contribution in [2.75, 3.05) is 18.2 Å². The molecule has 11 heteroatoms. The predicted molar refractivity (Wildman–Crippen MR) is 117 cm³/mol. The van der Waals surface area contributed by atoms with Crippen molar-refractivity contribution in [1.29, 1.82) is 0 Å². The van der Waals surface area contributed by atoms with Gasteiger partial charge >= 0.3 is 0 Å². The van der Waals surface area contributed by atoms with Gasteiger partial charge in [0.05, 0.1) is 23.6 Å². The minimum absolute atomic E-state index is 0.0511. The smallest absolute Gasteiger partial charge is 0.277 e. The van der Waals surface area contributed by atoms with E-state index in [9.17, 15) is 4.79 Å². The summed E-state index contributed by atoms with van der Waals surface area (Å²) < 4.78 is 16.5. The second kappa shape index (κ2) is 10.3. The molecule has 0 unspecified atom stereocenters. The fourth-order valence-electron chi connectivity index (χ4n) is 2.35. The number of rotatable bonds is 8. The summed E-state index contributed by atoms with van der Waals surface area (Å²) in [5, 5.41) is 12.2. The van der Waals surface area contributed by atoms with Gasteiger partial charge in [-0.3, -0.25) is 4.79 Å². The Hall–Kier alpha value is -2.13. The molecule has 3 rings (SSSR count). The van der Waals surface area contributed by atoms with Crippen molar-refractivity contribution < 1.29 is 18.7 Å². The number of carbonyl (C=O) groups excluding carboxylic acids is 1. The third kappa shape index (κ3) is 5.95. The van der Waals surface area contributed by atoms with Gasteiger partial charge in [0.2, 0.25) is 5.91 Å². The van der Waals surface area contributed by atoms with Gasteiger partial charge in [-0.2, -0.15) is 0 Å². The van der Waals surface area contributed by atoms with Crippen molar-refractivity contribution in [1.82, 2.24) is 10.2 Å². The van der Waals surface area contributed by atoms with Crippen LogP contribution >= 0.6 is 46.6 Å². The fourth-order valence-corrected chi connectivity index (χ4v) is 3.54. The number of nitrogens with one attached hydrogen (secondary N) is 1. The summed E-state index contributed by atoms with van der Waals surface area (Å²) in [7, 11) is 1.51. The average Bonchev–Trinajstić information content (AvgIpc) is 3.18. The van der Waals surface area contributed by atoms with Crippen LogP contribution < -0.4 is 14.8 Å². The molecular formula is C19H16Cl3N3O4S. The molecule has 0 saturated heterocycles. The van der Waals surface area contributed by atoms with Gasteiger partial charge in [0.25, 0.3) is 11.1 Å². The van der Waals surface area contributed by atoms with Gasteiger partial charge in [-0.15, -0.1) is 10.2 Å². The Bertz CT molecular complexity index is 1050. The largest absolute Gasteiger partial charge is 0.495 e. The Labute approximate surface area is 192 Å². The number of thioether (sulfide) groups is 1. The molecule has 30 heavy (non-hydrogen) atoms. The molecule has 0 bridgehead atoms. The molecule has 0 saturated carbocycles. The van der Waals surface area contributed by atoms with Gasteiger partial charge in [0.15, 0.2) is 6.10 Å². The highest BCUT2D eigenvalue weighted by Gasteiger charge is 2.18. The molecule has 1 N–H and O–H groups in total. The van der Waals surface area contributed by atoms with Crippen LogP contribution in [0.2, 0.25) is 15.1 Å². The minimum atomic E-state index is -0.546. The maximum atomic E-state index is 12.2. The van der Waals surface area contributed by atoms with E-state index < -0.39 is 6.10 Å². The number of anilines is 1. The topological polar surface area (TPSA) is 86.5 Å². The van der Waals surface area contributed by atoms with Crippen molar-refractivity contribution in [2.24, 2.45) is 0 Å². The minimum Gasteiger partial charge on any atom is -0.495 e. The summed E-state index contributed by atoms with van der Waals surface area (Å²) >= 11 is 19.0. The molecule has 1 aromatic heterocycles. The summed E-state index contributed by atoms with van der Waals surface area (Å²) in [6.07, 6.45) is -0.546. The van der Waals surface area contributed by atoms with E-state index >= 15 is 0 Å². The third-order valence-electron chi connectivity index (χ3n) is 3.73. The first-order valence-corrected chi connectivity index (χ1v) is 10.7. The van der Waals surface area contributed by atoms with Crippen LogP contribution in [0.5, 0.6) is 11.5 Å². The van der Waals surface area contributed by atoms with Gasteiger partial charge in [-0.05, 0) is 43.3 Å². The molecule has 0 aliphatic rings. The van der Waals surface area contributed by atoms with Gasteiger partial charge in [0.1, 0.15) is 11.5 Å². The van der Waals surface area contributed by atoms with Crippen molar-refractivity contribution >= 4 is 58.2 Å². The van der Waals surface area contributed by atoms with E-state index in [-0.39, 0.29) is 22.8 Å². The van der Waals surface area contributed by atoms with E-state index in [1.54, 1.807) is 43.3 Å². The maximum absolute atomic E-state index is 12.2. The number of aromatic nitrogens is 2. The monoisotopic (exact) mass is 487 g/mol. The second-order valence-corrected chi connectivity index (χ2v) is 8.13. The van der Waals surface area contributed by atoms with Crippen molar-refractivity contribution in [2.45, 2.75) is 18.3 Å². The van der Waals surface area contributed by atoms with Crippen molar-refractivity contribution in [3.05, 3.63) is 57.4 Å². The lowest BCUT2D eigenvalue weighted by molar-refractivity contribution is -0.113. The van der Waals surface area contributed by atoms with Gasteiger partial charge in [-0.1, -0.05) is 46.6 Å². The van der Waals surface area contributed by atoms with E-state index in [1.807, 2.05) is 0 Å². The first-order valence-electron chi connectivity index (χ1n) is 8.57. The Morgan fingerprint density at radius 1 is 1.13 bits per heavy atom. The molecular weight excluding hydrogens is 473 g/mol. The molecule has 2 aromatic carbocycles. The first-order chi connectivity index (χ1) is 14.4. The van der Waals surface area contributed by atoms with Gasteiger partial charge in [0, 0.05) is 10.0 Å². The van der Waals surface area contributed by atoms with Crippen LogP contribution in [-0.4, -0.2) is 29.0 Å². The molecule has 0 aliphatic heterocycles. The highest BCUT2D eigenvalue weighted by Crippen LogP contribution is 2.32. The lowest BCUT2D eigenvalue weighted by Gasteiger charge is -2.12. The molecule has 3 aromatic rings. The third-order valence-corrected chi connectivity index (χ3v) is 5.31. The lowest BCUT2D eigenvalue weighted by atomic mass is 10.3. The van der Waals surface area contributed by atoms with Crippen LogP contribution in [0, 0.1) is 0 Å². The summed E-state index contributed by atoms with van der Waals surface area (Å²) in [5.74, 6) is 0.966. The molecule has 0 aliphatic carbocycles. The van der Waals surface area contributed by atoms with Crippen LogP contribution in [0.4, 0.5) is 5.69 Å². The number of nitrogens with zero attached hydrogens (tertiary/aromatic N) is 2. The number of hydrogen-bond acceptors (Lipinski definition) is 7. The van der Waals surface area contributed by atoms with Crippen molar-refractivity contribution in [3.63, 3.8) is 0 Å². The molecule has 158 valence electrons. The van der Waals surface area contributed by atoms with Crippen LogP contribution in [0.3, 0.4) is 0 Å². The molecule has 0 radical (unpaired) electrons. The van der Waals surface area contributed by atoms with Crippen LogP contribution in [0.1, 0.15) is 18.9 Å². The Morgan fingerprint density at radius 3 is 2.53 bits per heavy atom. The zero-order valence-electron chi connectivity index (χ0n) is 15.8.